The Labute approximate surface area is 120 Å². The highest BCUT2D eigenvalue weighted by atomic mass is 16.5. The monoisotopic (exact) mass is 272 g/mol. The van der Waals surface area contributed by atoms with Gasteiger partial charge >= 0.3 is 0 Å². The largest absolute Gasteiger partial charge is 0.497 e. The third-order valence-corrected chi connectivity index (χ3v) is 2.92. The molecule has 0 aliphatic carbocycles. The SMILES string of the molecule is COc1ccc(OC[C@H](C)OCc2ccccc2)cc1. The van der Waals surface area contributed by atoms with Gasteiger partial charge in [-0.1, -0.05) is 30.3 Å². The van der Waals surface area contributed by atoms with E-state index in [1.807, 2.05) is 49.4 Å². The molecule has 2 aromatic carbocycles. The van der Waals surface area contributed by atoms with Gasteiger partial charge in [0.1, 0.15) is 18.1 Å². The molecule has 0 spiro atoms. The van der Waals surface area contributed by atoms with Crippen molar-refractivity contribution in [2.24, 2.45) is 0 Å². The summed E-state index contributed by atoms with van der Waals surface area (Å²) in [4.78, 5) is 0. The van der Waals surface area contributed by atoms with Crippen molar-refractivity contribution in [3.63, 3.8) is 0 Å². The third kappa shape index (κ3) is 4.59. The molecule has 0 bridgehead atoms. The Bertz CT molecular complexity index is 493. The molecule has 0 fully saturated rings. The molecule has 0 aliphatic rings. The molecular formula is C17H20O3. The zero-order chi connectivity index (χ0) is 14.2. The molecule has 0 radical (unpaired) electrons. The molecule has 0 amide bonds. The van der Waals surface area contributed by atoms with Crippen LogP contribution in [0.1, 0.15) is 12.5 Å². The molecule has 2 rings (SSSR count). The quantitative estimate of drug-likeness (QED) is 0.769. The van der Waals surface area contributed by atoms with Gasteiger partial charge < -0.3 is 14.2 Å². The molecule has 0 saturated carbocycles. The molecule has 2 aromatic rings. The molecule has 0 aromatic heterocycles. The van der Waals surface area contributed by atoms with Crippen molar-refractivity contribution >= 4 is 0 Å². The van der Waals surface area contributed by atoms with Gasteiger partial charge in [0, 0.05) is 0 Å². The first-order valence-corrected chi connectivity index (χ1v) is 6.70. The summed E-state index contributed by atoms with van der Waals surface area (Å²) in [5.41, 5.74) is 1.17. The summed E-state index contributed by atoms with van der Waals surface area (Å²) in [6.07, 6.45) is 0.0392. The summed E-state index contributed by atoms with van der Waals surface area (Å²) in [6, 6.07) is 17.7. The van der Waals surface area contributed by atoms with Crippen LogP contribution in [0.25, 0.3) is 0 Å². The van der Waals surface area contributed by atoms with Gasteiger partial charge in [-0.05, 0) is 36.8 Å². The van der Waals surface area contributed by atoms with E-state index in [1.54, 1.807) is 7.11 Å². The zero-order valence-corrected chi connectivity index (χ0v) is 11.9. The van der Waals surface area contributed by atoms with Gasteiger partial charge in [0.15, 0.2) is 0 Å². The maximum atomic E-state index is 5.74. The topological polar surface area (TPSA) is 27.7 Å². The summed E-state index contributed by atoms with van der Waals surface area (Å²) < 4.78 is 16.5. The van der Waals surface area contributed by atoms with Gasteiger partial charge in [-0.25, -0.2) is 0 Å². The average molecular weight is 272 g/mol. The number of hydrogen-bond donors (Lipinski definition) is 0. The van der Waals surface area contributed by atoms with Gasteiger partial charge in [-0.2, -0.15) is 0 Å². The van der Waals surface area contributed by atoms with E-state index < -0.39 is 0 Å². The number of methoxy groups -OCH3 is 1. The van der Waals surface area contributed by atoms with E-state index in [0.29, 0.717) is 13.2 Å². The van der Waals surface area contributed by atoms with Gasteiger partial charge in [0.2, 0.25) is 0 Å². The molecule has 0 heterocycles. The first kappa shape index (κ1) is 14.4. The Hall–Kier alpha value is -2.00. The van der Waals surface area contributed by atoms with Crippen molar-refractivity contribution in [3.05, 3.63) is 60.2 Å². The zero-order valence-electron chi connectivity index (χ0n) is 11.9. The van der Waals surface area contributed by atoms with E-state index in [4.69, 9.17) is 14.2 Å². The molecule has 0 N–H and O–H groups in total. The minimum absolute atomic E-state index is 0.0392. The summed E-state index contributed by atoms with van der Waals surface area (Å²) >= 11 is 0. The van der Waals surface area contributed by atoms with Crippen molar-refractivity contribution in [3.8, 4) is 11.5 Å². The van der Waals surface area contributed by atoms with Crippen LogP contribution in [-0.2, 0) is 11.3 Å². The fraction of sp³-hybridized carbons (Fsp3) is 0.294. The van der Waals surface area contributed by atoms with Crippen molar-refractivity contribution in [2.45, 2.75) is 19.6 Å². The van der Waals surface area contributed by atoms with Crippen LogP contribution in [0.5, 0.6) is 11.5 Å². The lowest BCUT2D eigenvalue weighted by molar-refractivity contribution is 0.0214. The third-order valence-electron chi connectivity index (χ3n) is 2.92. The van der Waals surface area contributed by atoms with Crippen molar-refractivity contribution in [2.75, 3.05) is 13.7 Å². The maximum absolute atomic E-state index is 5.74. The van der Waals surface area contributed by atoms with Crippen LogP contribution in [0.2, 0.25) is 0 Å². The number of hydrogen-bond acceptors (Lipinski definition) is 3. The van der Waals surface area contributed by atoms with Crippen LogP contribution in [0, 0.1) is 0 Å². The normalized spacial score (nSPS) is 11.9. The van der Waals surface area contributed by atoms with E-state index in [0.717, 1.165) is 11.5 Å². The standard InChI is InChI=1S/C17H20O3/c1-14(19-13-15-6-4-3-5-7-15)12-20-17-10-8-16(18-2)9-11-17/h3-11,14H,12-13H2,1-2H3/t14-/m0/s1. The lowest BCUT2D eigenvalue weighted by atomic mass is 10.2. The second-order valence-corrected chi connectivity index (χ2v) is 4.59. The number of ether oxygens (including phenoxy) is 3. The minimum Gasteiger partial charge on any atom is -0.497 e. The minimum atomic E-state index is 0.0392. The van der Waals surface area contributed by atoms with E-state index in [1.165, 1.54) is 5.56 Å². The Morgan fingerprint density at radius 1 is 0.900 bits per heavy atom. The Morgan fingerprint density at radius 2 is 1.55 bits per heavy atom. The van der Waals surface area contributed by atoms with Crippen LogP contribution in [0.4, 0.5) is 0 Å². The maximum Gasteiger partial charge on any atom is 0.119 e. The first-order valence-electron chi connectivity index (χ1n) is 6.70. The van der Waals surface area contributed by atoms with Crippen LogP contribution in [-0.4, -0.2) is 19.8 Å². The second kappa shape index (κ2) is 7.56. The van der Waals surface area contributed by atoms with E-state index >= 15 is 0 Å². The van der Waals surface area contributed by atoms with Crippen molar-refractivity contribution < 1.29 is 14.2 Å². The van der Waals surface area contributed by atoms with Crippen LogP contribution < -0.4 is 9.47 Å². The fourth-order valence-corrected chi connectivity index (χ4v) is 1.75. The van der Waals surface area contributed by atoms with E-state index in [9.17, 15) is 0 Å². The van der Waals surface area contributed by atoms with Crippen molar-refractivity contribution in [1.29, 1.82) is 0 Å². The second-order valence-electron chi connectivity index (χ2n) is 4.59. The number of benzene rings is 2. The predicted octanol–water partition coefficient (Wildman–Crippen LogP) is 3.68. The highest BCUT2D eigenvalue weighted by Gasteiger charge is 2.04. The summed E-state index contributed by atoms with van der Waals surface area (Å²) in [6.45, 7) is 3.14. The highest BCUT2D eigenvalue weighted by molar-refractivity contribution is 5.31. The van der Waals surface area contributed by atoms with Gasteiger partial charge in [-0.3, -0.25) is 0 Å². The smallest absolute Gasteiger partial charge is 0.119 e. The van der Waals surface area contributed by atoms with Crippen LogP contribution in [0.15, 0.2) is 54.6 Å². The summed E-state index contributed by atoms with van der Waals surface area (Å²) in [5.74, 6) is 1.65. The van der Waals surface area contributed by atoms with Crippen LogP contribution >= 0.6 is 0 Å². The molecule has 1 atom stereocenters. The lowest BCUT2D eigenvalue weighted by Gasteiger charge is -2.14. The Morgan fingerprint density at radius 3 is 2.20 bits per heavy atom. The molecular weight excluding hydrogens is 252 g/mol. The van der Waals surface area contributed by atoms with Crippen LogP contribution in [0.3, 0.4) is 0 Å². The fourth-order valence-electron chi connectivity index (χ4n) is 1.75. The molecule has 0 aliphatic heterocycles. The molecule has 3 heteroatoms. The molecule has 0 unspecified atom stereocenters. The van der Waals surface area contributed by atoms with E-state index in [2.05, 4.69) is 12.1 Å². The molecule has 106 valence electrons. The van der Waals surface area contributed by atoms with Crippen molar-refractivity contribution in [1.82, 2.24) is 0 Å². The van der Waals surface area contributed by atoms with E-state index in [-0.39, 0.29) is 6.10 Å². The lowest BCUT2D eigenvalue weighted by Crippen LogP contribution is -2.17. The van der Waals surface area contributed by atoms with Gasteiger partial charge in [-0.15, -0.1) is 0 Å². The summed E-state index contributed by atoms with van der Waals surface area (Å²) in [7, 11) is 1.65. The first-order chi connectivity index (χ1) is 9.78. The molecule has 20 heavy (non-hydrogen) atoms. The Balaban J connectivity index is 1.73. The highest BCUT2D eigenvalue weighted by Crippen LogP contribution is 2.17. The average Bonchev–Trinajstić information content (AvgIpc) is 2.52. The predicted molar refractivity (Wildman–Crippen MR) is 79.2 cm³/mol. The molecule has 0 saturated heterocycles. The summed E-state index contributed by atoms with van der Waals surface area (Å²) in [5, 5.41) is 0. The van der Waals surface area contributed by atoms with Gasteiger partial charge in [0.25, 0.3) is 0 Å². The number of rotatable bonds is 7. The van der Waals surface area contributed by atoms with Gasteiger partial charge in [0.05, 0.1) is 19.8 Å². The molecule has 3 nitrogen and oxygen atoms in total. The Kier molecular flexibility index (Phi) is 5.44.